The van der Waals surface area contributed by atoms with Crippen molar-refractivity contribution >= 4 is 35.9 Å². The van der Waals surface area contributed by atoms with Gasteiger partial charge >= 0.3 is 5.97 Å². The van der Waals surface area contributed by atoms with Gasteiger partial charge in [0.05, 0.1) is 6.54 Å². The van der Waals surface area contributed by atoms with E-state index in [2.05, 4.69) is 5.32 Å². The zero-order chi connectivity index (χ0) is 14.3. The van der Waals surface area contributed by atoms with Crippen LogP contribution in [0.5, 0.6) is 0 Å². The second-order valence-electron chi connectivity index (χ2n) is 4.10. The lowest BCUT2D eigenvalue weighted by atomic mass is 10.2. The van der Waals surface area contributed by atoms with Crippen molar-refractivity contribution < 1.29 is 14.7 Å². The second-order valence-corrected chi connectivity index (χ2v) is 4.54. The minimum absolute atomic E-state index is 0. The van der Waals surface area contributed by atoms with E-state index in [1.54, 1.807) is 6.07 Å². The monoisotopic (exact) mass is 320 g/mol. The van der Waals surface area contributed by atoms with Crippen molar-refractivity contribution in [2.24, 2.45) is 0 Å². The first kappa shape index (κ1) is 18.7. The maximum atomic E-state index is 11.5. The molecule has 1 aromatic carbocycles. The average Bonchev–Trinajstić information content (AvgIpc) is 2.35. The number of rotatable bonds is 7. The number of hydrogen-bond acceptors (Lipinski definition) is 3. The minimum Gasteiger partial charge on any atom is -0.480 e. The Labute approximate surface area is 129 Å². The normalized spacial score (nSPS) is 9.95. The molecule has 0 aliphatic carbocycles. The van der Waals surface area contributed by atoms with Gasteiger partial charge in [0.1, 0.15) is 6.54 Å². The molecule has 0 aliphatic rings. The number of aliphatic carboxylic acids is 1. The molecule has 1 amide bonds. The van der Waals surface area contributed by atoms with Gasteiger partial charge in [-0.05, 0) is 24.2 Å². The highest BCUT2D eigenvalue weighted by Gasteiger charge is 2.10. The van der Waals surface area contributed by atoms with Gasteiger partial charge in [0.25, 0.3) is 0 Å². The number of carbonyl (C=O) groups is 2. The summed E-state index contributed by atoms with van der Waals surface area (Å²) in [6.45, 7) is 3.03. The summed E-state index contributed by atoms with van der Waals surface area (Å²) in [5.41, 5.74) is 1.01. The van der Waals surface area contributed by atoms with E-state index in [9.17, 15) is 9.59 Å². The number of halogens is 2. The van der Waals surface area contributed by atoms with Gasteiger partial charge in [0.2, 0.25) is 5.91 Å². The van der Waals surface area contributed by atoms with Gasteiger partial charge in [-0.3, -0.25) is 14.5 Å². The highest BCUT2D eigenvalue weighted by Crippen LogP contribution is 2.12. The molecule has 0 unspecified atom stereocenters. The Morgan fingerprint density at radius 2 is 2.10 bits per heavy atom. The third-order valence-electron chi connectivity index (χ3n) is 2.55. The largest absolute Gasteiger partial charge is 0.480 e. The Morgan fingerprint density at radius 3 is 2.65 bits per heavy atom. The predicted molar refractivity (Wildman–Crippen MR) is 80.3 cm³/mol. The topological polar surface area (TPSA) is 69.6 Å². The van der Waals surface area contributed by atoms with Crippen molar-refractivity contribution in [2.45, 2.75) is 13.5 Å². The van der Waals surface area contributed by atoms with E-state index in [1.807, 2.05) is 30.0 Å². The number of likely N-dealkylation sites (N-methyl/N-ethyl adjacent to an activating group) is 1. The molecule has 0 saturated heterocycles. The van der Waals surface area contributed by atoms with Gasteiger partial charge < -0.3 is 10.4 Å². The summed E-state index contributed by atoms with van der Waals surface area (Å²) < 4.78 is 0. The highest BCUT2D eigenvalue weighted by atomic mass is 35.5. The van der Waals surface area contributed by atoms with Gasteiger partial charge in [-0.15, -0.1) is 12.4 Å². The first-order valence-electron chi connectivity index (χ1n) is 5.96. The Bertz CT molecular complexity index is 455. The summed E-state index contributed by atoms with van der Waals surface area (Å²) in [6.07, 6.45) is 0. The molecule has 2 N–H and O–H groups in total. The van der Waals surface area contributed by atoms with Crippen LogP contribution in [0.15, 0.2) is 24.3 Å². The summed E-state index contributed by atoms with van der Waals surface area (Å²) in [4.78, 5) is 23.8. The molecule has 0 saturated carbocycles. The van der Waals surface area contributed by atoms with Gasteiger partial charge in [-0.1, -0.05) is 30.7 Å². The lowest BCUT2D eigenvalue weighted by Gasteiger charge is -2.19. The number of nitrogens with zero attached hydrogens (tertiary/aromatic N) is 1. The number of carbonyl (C=O) groups excluding carboxylic acids is 1. The lowest BCUT2D eigenvalue weighted by molar-refractivity contribution is -0.138. The fraction of sp³-hybridized carbons (Fsp3) is 0.385. The van der Waals surface area contributed by atoms with Crippen molar-refractivity contribution in [3.63, 3.8) is 0 Å². The van der Waals surface area contributed by atoms with E-state index < -0.39 is 5.97 Å². The number of carboxylic acid groups (broad SMARTS) is 1. The zero-order valence-electron chi connectivity index (χ0n) is 11.1. The van der Waals surface area contributed by atoms with Crippen molar-refractivity contribution in [2.75, 3.05) is 19.6 Å². The molecule has 7 heteroatoms. The lowest BCUT2D eigenvalue weighted by Crippen LogP contribution is -2.38. The Morgan fingerprint density at radius 1 is 1.40 bits per heavy atom. The molecule has 1 aromatic rings. The van der Waals surface area contributed by atoms with Crippen molar-refractivity contribution in [3.8, 4) is 0 Å². The van der Waals surface area contributed by atoms with Crippen LogP contribution in [0.25, 0.3) is 0 Å². The van der Waals surface area contributed by atoms with Gasteiger partial charge in [0.15, 0.2) is 0 Å². The zero-order valence-corrected chi connectivity index (χ0v) is 12.7. The number of amides is 1. The van der Waals surface area contributed by atoms with Crippen LogP contribution < -0.4 is 5.32 Å². The SMILES string of the molecule is CCN(CC(=O)NCC(=O)O)Cc1cccc(Cl)c1.Cl. The van der Waals surface area contributed by atoms with E-state index >= 15 is 0 Å². The predicted octanol–water partition coefficient (Wildman–Crippen LogP) is 1.78. The highest BCUT2D eigenvalue weighted by molar-refractivity contribution is 6.30. The molecule has 5 nitrogen and oxygen atoms in total. The van der Waals surface area contributed by atoms with Gasteiger partial charge in [-0.25, -0.2) is 0 Å². The van der Waals surface area contributed by atoms with E-state index in [0.29, 0.717) is 18.1 Å². The van der Waals surface area contributed by atoms with Crippen LogP contribution in [0.2, 0.25) is 5.02 Å². The fourth-order valence-electron chi connectivity index (χ4n) is 1.61. The fourth-order valence-corrected chi connectivity index (χ4v) is 1.82. The average molecular weight is 321 g/mol. The van der Waals surface area contributed by atoms with Crippen molar-refractivity contribution in [3.05, 3.63) is 34.9 Å². The summed E-state index contributed by atoms with van der Waals surface area (Å²) in [5, 5.41) is 11.5. The quantitative estimate of drug-likeness (QED) is 0.803. The van der Waals surface area contributed by atoms with Gasteiger partial charge in [0, 0.05) is 11.6 Å². The number of benzene rings is 1. The number of hydrogen-bond donors (Lipinski definition) is 2. The van der Waals surface area contributed by atoms with Crippen molar-refractivity contribution in [1.29, 1.82) is 0 Å². The Kier molecular flexibility index (Phi) is 8.96. The van der Waals surface area contributed by atoms with Crippen LogP contribution in [0, 0.1) is 0 Å². The molecule has 0 radical (unpaired) electrons. The van der Waals surface area contributed by atoms with Crippen LogP contribution in [0.3, 0.4) is 0 Å². The van der Waals surface area contributed by atoms with Crippen molar-refractivity contribution in [1.82, 2.24) is 10.2 Å². The van der Waals surface area contributed by atoms with Crippen LogP contribution in [0.1, 0.15) is 12.5 Å². The molecule has 0 bridgehead atoms. The summed E-state index contributed by atoms with van der Waals surface area (Å²) in [7, 11) is 0. The molecule has 20 heavy (non-hydrogen) atoms. The van der Waals surface area contributed by atoms with Gasteiger partial charge in [-0.2, -0.15) is 0 Å². The molecule has 0 fully saturated rings. The summed E-state index contributed by atoms with van der Waals surface area (Å²) in [6, 6.07) is 7.43. The second kappa shape index (κ2) is 9.58. The standard InChI is InChI=1S/C13H17ClN2O3.ClH/c1-2-16(9-12(17)15-7-13(18)19)8-10-4-3-5-11(14)6-10;/h3-6H,2,7-9H2,1H3,(H,15,17)(H,18,19);1H. The molecule has 112 valence electrons. The molecule has 1 rings (SSSR count). The molecule has 0 spiro atoms. The van der Waals surface area contributed by atoms with E-state index in [-0.39, 0.29) is 31.4 Å². The number of carboxylic acids is 1. The Hall–Kier alpha value is -1.30. The van der Waals surface area contributed by atoms with Crippen LogP contribution in [0.4, 0.5) is 0 Å². The molecule has 0 heterocycles. The Balaban J connectivity index is 0.00000361. The van der Waals surface area contributed by atoms with Crippen LogP contribution in [-0.2, 0) is 16.1 Å². The minimum atomic E-state index is -1.05. The first-order chi connectivity index (χ1) is 9.01. The third kappa shape index (κ3) is 7.33. The summed E-state index contributed by atoms with van der Waals surface area (Å²) >= 11 is 5.90. The molecular formula is C13H18Cl2N2O3. The third-order valence-corrected chi connectivity index (χ3v) is 2.78. The summed E-state index contributed by atoms with van der Waals surface area (Å²) in [5.74, 6) is -1.35. The first-order valence-corrected chi connectivity index (χ1v) is 6.34. The maximum Gasteiger partial charge on any atom is 0.322 e. The van der Waals surface area contributed by atoms with Crippen LogP contribution in [-0.4, -0.2) is 41.5 Å². The number of nitrogens with one attached hydrogen (secondary N) is 1. The van der Waals surface area contributed by atoms with E-state index in [0.717, 1.165) is 5.56 Å². The molecular weight excluding hydrogens is 303 g/mol. The van der Waals surface area contributed by atoms with Crippen LogP contribution >= 0.6 is 24.0 Å². The maximum absolute atomic E-state index is 11.5. The molecule has 0 aliphatic heterocycles. The molecule has 0 atom stereocenters. The van der Waals surface area contributed by atoms with E-state index in [4.69, 9.17) is 16.7 Å². The molecule has 0 aromatic heterocycles. The smallest absolute Gasteiger partial charge is 0.322 e. The van der Waals surface area contributed by atoms with E-state index in [1.165, 1.54) is 0 Å².